The Morgan fingerprint density at radius 3 is 2.19 bits per heavy atom. The van der Waals surface area contributed by atoms with Crippen LogP contribution in [0.25, 0.3) is 22.3 Å². The van der Waals surface area contributed by atoms with Gasteiger partial charge in [-0.05, 0) is 18.1 Å². The first-order valence-corrected chi connectivity index (χ1v) is 7.29. The first-order valence-electron chi connectivity index (χ1n) is 7.29. The summed E-state index contributed by atoms with van der Waals surface area (Å²) in [6.45, 7) is 2.11. The van der Waals surface area contributed by atoms with Crippen LogP contribution in [0, 0.1) is 0 Å². The van der Waals surface area contributed by atoms with Gasteiger partial charge >= 0.3 is 0 Å². The topological polar surface area (TPSA) is 9.23 Å². The highest BCUT2D eigenvalue weighted by atomic mass is 16.5. The average molecular weight is 272 g/mol. The summed E-state index contributed by atoms with van der Waals surface area (Å²) in [6, 6.07) is 25.3. The Morgan fingerprint density at radius 1 is 0.667 bits per heavy atom. The highest BCUT2D eigenvalue weighted by Crippen LogP contribution is 2.46. The number of hydrogen-bond donors (Lipinski definition) is 0. The molecule has 0 amide bonds. The number of fused-ring (bicyclic) bond motifs is 3. The Kier molecular flexibility index (Phi) is 2.78. The van der Waals surface area contributed by atoms with Crippen molar-refractivity contribution in [3.05, 3.63) is 78.4 Å². The van der Waals surface area contributed by atoms with Crippen LogP contribution in [0.3, 0.4) is 0 Å². The van der Waals surface area contributed by atoms with E-state index >= 15 is 0 Å². The molecule has 0 N–H and O–H groups in total. The molecule has 1 heterocycles. The van der Waals surface area contributed by atoms with Gasteiger partial charge in [-0.3, -0.25) is 0 Å². The summed E-state index contributed by atoms with van der Waals surface area (Å²) in [5.41, 5.74) is 6.08. The van der Waals surface area contributed by atoms with E-state index in [1.807, 2.05) is 6.07 Å². The third-order valence-corrected chi connectivity index (χ3v) is 4.08. The highest BCUT2D eigenvalue weighted by Gasteiger charge is 2.24. The summed E-state index contributed by atoms with van der Waals surface area (Å²) in [6.07, 6.45) is 0.0820. The third-order valence-electron chi connectivity index (χ3n) is 4.08. The molecule has 1 unspecified atom stereocenters. The molecule has 1 aliphatic heterocycles. The van der Waals surface area contributed by atoms with E-state index in [2.05, 4.69) is 73.7 Å². The first-order chi connectivity index (χ1) is 10.3. The van der Waals surface area contributed by atoms with Crippen molar-refractivity contribution in [3.8, 4) is 28.0 Å². The second-order valence-electron chi connectivity index (χ2n) is 5.40. The molecule has 0 saturated carbocycles. The Labute approximate surface area is 124 Å². The Bertz CT molecular complexity index is 776. The van der Waals surface area contributed by atoms with Crippen molar-refractivity contribution in [3.63, 3.8) is 0 Å². The van der Waals surface area contributed by atoms with E-state index in [1.54, 1.807) is 0 Å². The third kappa shape index (κ3) is 1.93. The monoisotopic (exact) mass is 272 g/mol. The fourth-order valence-corrected chi connectivity index (χ4v) is 3.06. The molecule has 1 atom stereocenters. The van der Waals surface area contributed by atoms with E-state index in [0.29, 0.717) is 0 Å². The minimum absolute atomic E-state index is 0.0820. The Morgan fingerprint density at radius 2 is 1.33 bits per heavy atom. The van der Waals surface area contributed by atoms with Crippen molar-refractivity contribution in [2.24, 2.45) is 0 Å². The second kappa shape index (κ2) is 4.78. The fraction of sp³-hybridized carbons (Fsp3) is 0.100. The van der Waals surface area contributed by atoms with Gasteiger partial charge in [0.1, 0.15) is 11.9 Å². The molecule has 0 radical (unpaired) electrons. The molecule has 3 aromatic carbocycles. The van der Waals surface area contributed by atoms with Gasteiger partial charge in [-0.2, -0.15) is 0 Å². The average Bonchev–Trinajstić information content (AvgIpc) is 2.56. The van der Waals surface area contributed by atoms with Crippen molar-refractivity contribution >= 4 is 0 Å². The smallest absolute Gasteiger partial charge is 0.135 e. The lowest BCUT2D eigenvalue weighted by molar-refractivity contribution is 0.224. The molecule has 0 saturated heterocycles. The van der Waals surface area contributed by atoms with Crippen LogP contribution >= 0.6 is 0 Å². The van der Waals surface area contributed by atoms with Crippen LogP contribution in [0.4, 0.5) is 0 Å². The molecule has 1 nitrogen and oxygen atoms in total. The lowest BCUT2D eigenvalue weighted by Gasteiger charge is -2.28. The second-order valence-corrected chi connectivity index (χ2v) is 5.40. The summed E-state index contributed by atoms with van der Waals surface area (Å²) in [5, 5.41) is 0. The van der Waals surface area contributed by atoms with Gasteiger partial charge in [0.05, 0.1) is 0 Å². The number of ether oxygens (including phenoxy) is 1. The van der Waals surface area contributed by atoms with Gasteiger partial charge in [-0.1, -0.05) is 72.8 Å². The van der Waals surface area contributed by atoms with Gasteiger partial charge in [0.2, 0.25) is 0 Å². The van der Waals surface area contributed by atoms with Gasteiger partial charge in [-0.25, -0.2) is 0 Å². The molecule has 21 heavy (non-hydrogen) atoms. The maximum Gasteiger partial charge on any atom is 0.135 e. The van der Waals surface area contributed by atoms with Crippen molar-refractivity contribution in [2.75, 3.05) is 0 Å². The van der Waals surface area contributed by atoms with Crippen LogP contribution in [-0.4, -0.2) is 0 Å². The molecule has 4 rings (SSSR count). The van der Waals surface area contributed by atoms with Gasteiger partial charge in [0.25, 0.3) is 0 Å². The van der Waals surface area contributed by atoms with Crippen molar-refractivity contribution in [1.29, 1.82) is 0 Å². The Hall–Kier alpha value is -2.54. The van der Waals surface area contributed by atoms with Gasteiger partial charge in [0, 0.05) is 16.7 Å². The summed E-state index contributed by atoms with van der Waals surface area (Å²) in [4.78, 5) is 0. The van der Waals surface area contributed by atoms with Gasteiger partial charge in [0.15, 0.2) is 0 Å². The summed E-state index contributed by atoms with van der Waals surface area (Å²) < 4.78 is 6.24. The van der Waals surface area contributed by atoms with Crippen molar-refractivity contribution in [1.82, 2.24) is 0 Å². The van der Waals surface area contributed by atoms with E-state index in [0.717, 1.165) is 11.3 Å². The molecule has 0 aliphatic carbocycles. The van der Waals surface area contributed by atoms with E-state index in [1.165, 1.54) is 22.3 Å². The van der Waals surface area contributed by atoms with Crippen LogP contribution in [0.5, 0.6) is 5.75 Å². The zero-order valence-electron chi connectivity index (χ0n) is 11.9. The van der Waals surface area contributed by atoms with E-state index in [4.69, 9.17) is 4.74 Å². The molecule has 0 bridgehead atoms. The van der Waals surface area contributed by atoms with Crippen LogP contribution in [0.2, 0.25) is 0 Å². The van der Waals surface area contributed by atoms with Crippen molar-refractivity contribution < 1.29 is 4.74 Å². The molecule has 3 aromatic rings. The summed E-state index contributed by atoms with van der Waals surface area (Å²) in [5.74, 6) is 0.995. The number of hydrogen-bond acceptors (Lipinski definition) is 1. The van der Waals surface area contributed by atoms with Crippen LogP contribution in [0.1, 0.15) is 18.6 Å². The van der Waals surface area contributed by atoms with Crippen LogP contribution in [-0.2, 0) is 0 Å². The SMILES string of the molecule is CC1Oc2c(-c3ccccc3)cccc2-c2ccccc21. The molecular formula is C20H16O. The minimum atomic E-state index is 0.0820. The molecule has 0 fully saturated rings. The van der Waals surface area contributed by atoms with E-state index < -0.39 is 0 Å². The molecule has 1 heteroatoms. The normalized spacial score (nSPS) is 15.8. The number of rotatable bonds is 1. The molecule has 1 aliphatic rings. The fourth-order valence-electron chi connectivity index (χ4n) is 3.06. The van der Waals surface area contributed by atoms with E-state index in [-0.39, 0.29) is 6.10 Å². The van der Waals surface area contributed by atoms with Crippen LogP contribution in [0.15, 0.2) is 72.8 Å². The standard InChI is InChI=1S/C20H16O/c1-14-16-10-5-6-11-18(16)19-13-7-12-17(20(19)21-14)15-8-3-2-4-9-15/h2-14H,1H3. The van der Waals surface area contributed by atoms with Crippen molar-refractivity contribution in [2.45, 2.75) is 13.0 Å². The lowest BCUT2D eigenvalue weighted by atomic mass is 9.90. The lowest BCUT2D eigenvalue weighted by Crippen LogP contribution is -2.11. The Balaban J connectivity index is 1.97. The molecular weight excluding hydrogens is 256 g/mol. The van der Waals surface area contributed by atoms with Gasteiger partial charge < -0.3 is 4.74 Å². The first kappa shape index (κ1) is 12.2. The molecule has 0 aromatic heterocycles. The largest absolute Gasteiger partial charge is 0.485 e. The highest BCUT2D eigenvalue weighted by molar-refractivity contribution is 5.85. The number of para-hydroxylation sites is 1. The van der Waals surface area contributed by atoms with Gasteiger partial charge in [-0.15, -0.1) is 0 Å². The quantitative estimate of drug-likeness (QED) is 0.570. The number of benzene rings is 3. The maximum absolute atomic E-state index is 6.24. The van der Waals surface area contributed by atoms with Crippen LogP contribution < -0.4 is 4.74 Å². The van der Waals surface area contributed by atoms with E-state index in [9.17, 15) is 0 Å². The summed E-state index contributed by atoms with van der Waals surface area (Å²) in [7, 11) is 0. The maximum atomic E-state index is 6.24. The molecule has 0 spiro atoms. The summed E-state index contributed by atoms with van der Waals surface area (Å²) >= 11 is 0. The molecule has 102 valence electrons. The zero-order chi connectivity index (χ0) is 14.2. The zero-order valence-corrected chi connectivity index (χ0v) is 11.9. The predicted molar refractivity (Wildman–Crippen MR) is 86.4 cm³/mol. The minimum Gasteiger partial charge on any atom is -0.485 e. The predicted octanol–water partition coefficient (Wildman–Crippen LogP) is 5.47.